The van der Waals surface area contributed by atoms with Crippen molar-refractivity contribution in [2.75, 3.05) is 5.32 Å². The van der Waals surface area contributed by atoms with Gasteiger partial charge in [-0.05, 0) is 64.3 Å². The zero-order valence-electron chi connectivity index (χ0n) is 14.8. The van der Waals surface area contributed by atoms with Crippen molar-refractivity contribution in [1.29, 1.82) is 0 Å². The fourth-order valence-corrected chi connectivity index (χ4v) is 2.85. The highest BCUT2D eigenvalue weighted by molar-refractivity contribution is 9.10. The SMILES string of the molecule is Cc1ccc(NC(=O)/C=C/c2ccc(-n3cc(Br)cn3)c(F)c2)cc1C(N)=O. The maximum absolute atomic E-state index is 14.3. The number of nitrogens with two attached hydrogens (primary N) is 1. The Labute approximate surface area is 169 Å². The number of benzene rings is 2. The van der Waals surface area contributed by atoms with Gasteiger partial charge in [0.2, 0.25) is 11.8 Å². The zero-order valence-corrected chi connectivity index (χ0v) is 16.4. The molecule has 0 atom stereocenters. The summed E-state index contributed by atoms with van der Waals surface area (Å²) in [5.74, 6) is -1.45. The van der Waals surface area contributed by atoms with Crippen molar-refractivity contribution in [1.82, 2.24) is 9.78 Å². The quantitative estimate of drug-likeness (QED) is 0.588. The van der Waals surface area contributed by atoms with Crippen LogP contribution in [-0.4, -0.2) is 21.6 Å². The molecule has 142 valence electrons. The molecule has 0 aliphatic carbocycles. The summed E-state index contributed by atoms with van der Waals surface area (Å²) in [6, 6.07) is 9.44. The largest absolute Gasteiger partial charge is 0.366 e. The van der Waals surface area contributed by atoms with Crippen LogP contribution < -0.4 is 11.1 Å². The number of anilines is 1. The first-order valence-electron chi connectivity index (χ1n) is 8.23. The Kier molecular flexibility index (Phi) is 5.70. The molecule has 0 unspecified atom stereocenters. The molecule has 6 nitrogen and oxygen atoms in total. The Hall–Kier alpha value is -3.26. The van der Waals surface area contributed by atoms with Crippen LogP contribution in [-0.2, 0) is 4.79 Å². The van der Waals surface area contributed by atoms with Crippen molar-refractivity contribution in [2.24, 2.45) is 5.73 Å². The number of carbonyl (C=O) groups excluding carboxylic acids is 2. The summed E-state index contributed by atoms with van der Waals surface area (Å²) in [6.45, 7) is 1.76. The lowest BCUT2D eigenvalue weighted by Gasteiger charge is -2.07. The summed E-state index contributed by atoms with van der Waals surface area (Å²) < 4.78 is 16.5. The first-order chi connectivity index (χ1) is 13.3. The van der Waals surface area contributed by atoms with Crippen LogP contribution in [0.1, 0.15) is 21.5 Å². The molecule has 3 N–H and O–H groups in total. The van der Waals surface area contributed by atoms with Gasteiger partial charge in [0.15, 0.2) is 0 Å². The van der Waals surface area contributed by atoms with E-state index in [9.17, 15) is 14.0 Å². The van der Waals surface area contributed by atoms with Crippen molar-refractivity contribution in [2.45, 2.75) is 6.92 Å². The van der Waals surface area contributed by atoms with Gasteiger partial charge < -0.3 is 11.1 Å². The Morgan fingerprint density at radius 3 is 2.68 bits per heavy atom. The number of nitrogens with one attached hydrogen (secondary N) is 1. The van der Waals surface area contributed by atoms with E-state index < -0.39 is 17.6 Å². The molecule has 0 saturated carbocycles. The second-order valence-corrected chi connectivity index (χ2v) is 6.95. The predicted octanol–water partition coefficient (Wildman–Crippen LogP) is 3.83. The van der Waals surface area contributed by atoms with Gasteiger partial charge in [0, 0.05) is 23.5 Å². The zero-order chi connectivity index (χ0) is 20.3. The third kappa shape index (κ3) is 4.52. The molecule has 1 aromatic heterocycles. The summed E-state index contributed by atoms with van der Waals surface area (Å²) in [7, 11) is 0. The van der Waals surface area contributed by atoms with Crippen LogP contribution in [0.4, 0.5) is 10.1 Å². The number of primary amides is 1. The smallest absolute Gasteiger partial charge is 0.249 e. The highest BCUT2D eigenvalue weighted by Crippen LogP contribution is 2.18. The Bertz CT molecular complexity index is 1090. The van der Waals surface area contributed by atoms with Crippen LogP contribution in [0.15, 0.2) is 59.3 Å². The number of amides is 2. The van der Waals surface area contributed by atoms with Crippen LogP contribution in [0, 0.1) is 12.7 Å². The second kappa shape index (κ2) is 8.18. The maximum atomic E-state index is 14.3. The number of nitrogens with zero attached hydrogens (tertiary/aromatic N) is 2. The second-order valence-electron chi connectivity index (χ2n) is 6.03. The molecule has 0 radical (unpaired) electrons. The van der Waals surface area contributed by atoms with Crippen molar-refractivity contribution >= 4 is 39.5 Å². The third-order valence-corrected chi connectivity index (χ3v) is 4.38. The third-order valence-electron chi connectivity index (χ3n) is 3.97. The maximum Gasteiger partial charge on any atom is 0.249 e. The highest BCUT2D eigenvalue weighted by atomic mass is 79.9. The number of aromatic nitrogens is 2. The number of hydrogen-bond acceptors (Lipinski definition) is 3. The average molecular weight is 443 g/mol. The van der Waals surface area contributed by atoms with E-state index in [1.807, 2.05) is 0 Å². The fraction of sp³-hybridized carbons (Fsp3) is 0.0500. The number of hydrogen-bond donors (Lipinski definition) is 2. The normalized spacial score (nSPS) is 11.0. The minimum Gasteiger partial charge on any atom is -0.366 e. The lowest BCUT2D eigenvalue weighted by atomic mass is 10.1. The number of halogens is 2. The van der Waals surface area contributed by atoms with Gasteiger partial charge in [-0.15, -0.1) is 0 Å². The number of rotatable bonds is 5. The molecule has 2 amide bonds. The van der Waals surface area contributed by atoms with E-state index in [0.717, 1.165) is 10.0 Å². The molecule has 0 bridgehead atoms. The average Bonchev–Trinajstić information content (AvgIpc) is 3.07. The molecule has 0 aliphatic rings. The molecule has 0 saturated heterocycles. The summed E-state index contributed by atoms with van der Waals surface area (Å²) in [6.07, 6.45) is 5.97. The summed E-state index contributed by atoms with van der Waals surface area (Å²) in [4.78, 5) is 23.5. The van der Waals surface area contributed by atoms with E-state index in [2.05, 4.69) is 26.3 Å². The van der Waals surface area contributed by atoms with Crippen LogP contribution in [0.5, 0.6) is 0 Å². The Morgan fingerprint density at radius 1 is 1.25 bits per heavy atom. The highest BCUT2D eigenvalue weighted by Gasteiger charge is 2.08. The van der Waals surface area contributed by atoms with Gasteiger partial charge in [-0.1, -0.05) is 12.1 Å². The van der Waals surface area contributed by atoms with Crippen LogP contribution in [0.2, 0.25) is 0 Å². The van der Waals surface area contributed by atoms with Crippen molar-refractivity contribution in [3.05, 3.63) is 81.8 Å². The molecular weight excluding hydrogens is 427 g/mol. The van der Waals surface area contributed by atoms with Gasteiger partial charge in [0.25, 0.3) is 0 Å². The molecule has 2 aromatic carbocycles. The van der Waals surface area contributed by atoms with Crippen LogP contribution in [0.3, 0.4) is 0 Å². The molecule has 0 aliphatic heterocycles. The number of aryl methyl sites for hydroxylation is 1. The van der Waals surface area contributed by atoms with E-state index in [-0.39, 0.29) is 0 Å². The van der Waals surface area contributed by atoms with E-state index in [1.54, 1.807) is 43.6 Å². The molecule has 8 heteroatoms. The topological polar surface area (TPSA) is 90.0 Å². The Balaban J connectivity index is 1.71. The van der Waals surface area contributed by atoms with Crippen molar-refractivity contribution < 1.29 is 14.0 Å². The minimum atomic E-state index is -0.566. The van der Waals surface area contributed by atoms with E-state index >= 15 is 0 Å². The molecular formula is C20H16BrFN4O2. The van der Waals surface area contributed by atoms with Gasteiger partial charge in [-0.2, -0.15) is 5.10 Å². The molecule has 1 heterocycles. The fourth-order valence-electron chi connectivity index (χ4n) is 2.57. The van der Waals surface area contributed by atoms with Crippen LogP contribution >= 0.6 is 15.9 Å². The molecule has 0 fully saturated rings. The van der Waals surface area contributed by atoms with E-state index in [0.29, 0.717) is 22.5 Å². The molecule has 0 spiro atoms. The lowest BCUT2D eigenvalue weighted by molar-refractivity contribution is -0.111. The molecule has 28 heavy (non-hydrogen) atoms. The molecule has 3 aromatic rings. The number of carbonyl (C=O) groups is 2. The van der Waals surface area contributed by atoms with E-state index in [4.69, 9.17) is 5.73 Å². The van der Waals surface area contributed by atoms with E-state index in [1.165, 1.54) is 29.0 Å². The van der Waals surface area contributed by atoms with Crippen molar-refractivity contribution in [3.63, 3.8) is 0 Å². The summed E-state index contributed by atoms with van der Waals surface area (Å²) in [5, 5.41) is 6.68. The lowest BCUT2D eigenvalue weighted by Crippen LogP contribution is -2.14. The van der Waals surface area contributed by atoms with Crippen LogP contribution in [0.25, 0.3) is 11.8 Å². The van der Waals surface area contributed by atoms with Crippen molar-refractivity contribution in [3.8, 4) is 5.69 Å². The first-order valence-corrected chi connectivity index (χ1v) is 9.02. The first kappa shape index (κ1) is 19.5. The minimum absolute atomic E-state index is 0.297. The molecule has 3 rings (SSSR count). The van der Waals surface area contributed by atoms with Gasteiger partial charge in [0.1, 0.15) is 11.5 Å². The van der Waals surface area contributed by atoms with Gasteiger partial charge >= 0.3 is 0 Å². The van der Waals surface area contributed by atoms with Gasteiger partial charge in [-0.25, -0.2) is 9.07 Å². The Morgan fingerprint density at radius 2 is 2.04 bits per heavy atom. The van der Waals surface area contributed by atoms with Gasteiger partial charge in [-0.3, -0.25) is 9.59 Å². The summed E-state index contributed by atoms with van der Waals surface area (Å²) >= 11 is 3.27. The monoisotopic (exact) mass is 442 g/mol. The standard InChI is InChI=1S/C20H16BrFN4O2/c1-12-2-5-15(9-16(12)20(23)28)25-19(27)7-4-13-3-6-18(17(22)8-13)26-11-14(21)10-24-26/h2-11H,1H3,(H2,23,28)(H,25,27)/b7-4+. The summed E-state index contributed by atoms with van der Waals surface area (Å²) in [5.41, 5.74) is 7.63. The van der Waals surface area contributed by atoms with Gasteiger partial charge in [0.05, 0.1) is 10.7 Å². The predicted molar refractivity (Wildman–Crippen MR) is 109 cm³/mol.